The van der Waals surface area contributed by atoms with Crippen molar-refractivity contribution in [1.82, 2.24) is 4.90 Å². The summed E-state index contributed by atoms with van der Waals surface area (Å²) in [5, 5.41) is 0. The maximum Gasteiger partial charge on any atom is 0.0160 e. The van der Waals surface area contributed by atoms with Crippen LogP contribution in [0.3, 0.4) is 0 Å². The lowest BCUT2D eigenvalue weighted by atomic mass is 9.66. The molecule has 0 saturated heterocycles. The van der Waals surface area contributed by atoms with Crippen LogP contribution in [0.1, 0.15) is 39.0 Å². The lowest BCUT2D eigenvalue weighted by Gasteiger charge is -2.42. The maximum atomic E-state index is 5.86. The zero-order valence-electron chi connectivity index (χ0n) is 10.2. The van der Waals surface area contributed by atoms with Crippen LogP contribution < -0.4 is 5.73 Å². The minimum atomic E-state index is 0.493. The van der Waals surface area contributed by atoms with E-state index in [-0.39, 0.29) is 0 Å². The standard InChI is InChI=1S/C13H26N2/c1-3-9-15(10-4-2)11-8-13(12-14)6-5-7-13/h3H,1,4-12,14H2,2H3. The first-order valence-corrected chi connectivity index (χ1v) is 6.29. The summed E-state index contributed by atoms with van der Waals surface area (Å²) < 4.78 is 0. The van der Waals surface area contributed by atoms with E-state index in [1.54, 1.807) is 0 Å². The van der Waals surface area contributed by atoms with Crippen molar-refractivity contribution in [3.63, 3.8) is 0 Å². The molecule has 0 aromatic heterocycles. The third-order valence-corrected chi connectivity index (χ3v) is 3.73. The molecule has 15 heavy (non-hydrogen) atoms. The Morgan fingerprint density at radius 2 is 2.13 bits per heavy atom. The highest BCUT2D eigenvalue weighted by atomic mass is 15.1. The van der Waals surface area contributed by atoms with E-state index in [0.29, 0.717) is 5.41 Å². The van der Waals surface area contributed by atoms with E-state index in [1.165, 1.54) is 45.2 Å². The van der Waals surface area contributed by atoms with Crippen LogP contribution in [0, 0.1) is 5.41 Å². The number of rotatable bonds is 8. The van der Waals surface area contributed by atoms with E-state index in [2.05, 4.69) is 18.4 Å². The number of nitrogens with zero attached hydrogens (tertiary/aromatic N) is 1. The van der Waals surface area contributed by atoms with E-state index >= 15 is 0 Å². The lowest BCUT2D eigenvalue weighted by Crippen LogP contribution is -2.40. The summed E-state index contributed by atoms with van der Waals surface area (Å²) in [5.74, 6) is 0. The number of hydrogen-bond donors (Lipinski definition) is 1. The van der Waals surface area contributed by atoms with Gasteiger partial charge in [0.25, 0.3) is 0 Å². The Hall–Kier alpha value is -0.340. The molecule has 0 heterocycles. The van der Waals surface area contributed by atoms with Gasteiger partial charge in [0.05, 0.1) is 0 Å². The quantitative estimate of drug-likeness (QED) is 0.623. The first-order valence-electron chi connectivity index (χ1n) is 6.29. The highest BCUT2D eigenvalue weighted by Gasteiger charge is 2.35. The zero-order valence-corrected chi connectivity index (χ0v) is 10.2. The molecular weight excluding hydrogens is 184 g/mol. The average Bonchev–Trinajstić information content (AvgIpc) is 2.17. The molecule has 1 fully saturated rings. The minimum Gasteiger partial charge on any atom is -0.330 e. The van der Waals surface area contributed by atoms with Crippen LogP contribution in [0.15, 0.2) is 12.7 Å². The molecule has 2 N–H and O–H groups in total. The van der Waals surface area contributed by atoms with Crippen LogP contribution in [0.4, 0.5) is 0 Å². The molecule has 0 aliphatic heterocycles. The van der Waals surface area contributed by atoms with Crippen molar-refractivity contribution >= 4 is 0 Å². The second-order valence-corrected chi connectivity index (χ2v) is 4.90. The Morgan fingerprint density at radius 1 is 1.40 bits per heavy atom. The fraction of sp³-hybridized carbons (Fsp3) is 0.846. The molecule has 2 heteroatoms. The largest absolute Gasteiger partial charge is 0.330 e. The molecule has 88 valence electrons. The fourth-order valence-corrected chi connectivity index (χ4v) is 2.42. The van der Waals surface area contributed by atoms with Crippen molar-refractivity contribution in [2.24, 2.45) is 11.1 Å². The summed E-state index contributed by atoms with van der Waals surface area (Å²) in [6, 6.07) is 0. The van der Waals surface area contributed by atoms with Gasteiger partial charge in [0, 0.05) is 6.54 Å². The van der Waals surface area contributed by atoms with Crippen molar-refractivity contribution in [3.05, 3.63) is 12.7 Å². The smallest absolute Gasteiger partial charge is 0.0160 e. The second kappa shape index (κ2) is 6.29. The lowest BCUT2D eigenvalue weighted by molar-refractivity contribution is 0.109. The maximum absolute atomic E-state index is 5.86. The third kappa shape index (κ3) is 3.62. The topological polar surface area (TPSA) is 29.3 Å². The Bertz CT molecular complexity index is 179. The van der Waals surface area contributed by atoms with Gasteiger partial charge >= 0.3 is 0 Å². The normalized spacial score (nSPS) is 18.9. The number of nitrogens with two attached hydrogens (primary N) is 1. The molecule has 0 amide bonds. The molecule has 0 aromatic rings. The average molecular weight is 210 g/mol. The molecule has 1 aliphatic rings. The molecule has 1 rings (SSSR count). The molecule has 0 unspecified atom stereocenters. The molecule has 0 spiro atoms. The van der Waals surface area contributed by atoms with E-state index in [4.69, 9.17) is 5.73 Å². The summed E-state index contributed by atoms with van der Waals surface area (Å²) in [5.41, 5.74) is 6.36. The van der Waals surface area contributed by atoms with Crippen molar-refractivity contribution < 1.29 is 0 Å². The van der Waals surface area contributed by atoms with Gasteiger partial charge in [-0.15, -0.1) is 6.58 Å². The van der Waals surface area contributed by atoms with E-state index in [9.17, 15) is 0 Å². The SMILES string of the molecule is C=CCN(CCC)CCC1(CN)CCC1. The predicted molar refractivity (Wildman–Crippen MR) is 66.9 cm³/mol. The van der Waals surface area contributed by atoms with Crippen LogP contribution in [-0.2, 0) is 0 Å². The van der Waals surface area contributed by atoms with E-state index in [1.807, 2.05) is 6.08 Å². The van der Waals surface area contributed by atoms with Crippen LogP contribution in [-0.4, -0.2) is 31.1 Å². The van der Waals surface area contributed by atoms with Crippen LogP contribution >= 0.6 is 0 Å². The molecule has 0 radical (unpaired) electrons. The van der Waals surface area contributed by atoms with Crippen LogP contribution in [0.5, 0.6) is 0 Å². The summed E-state index contributed by atoms with van der Waals surface area (Å²) in [4.78, 5) is 2.49. The number of hydrogen-bond acceptors (Lipinski definition) is 2. The van der Waals surface area contributed by atoms with E-state index < -0.39 is 0 Å². The molecule has 0 aromatic carbocycles. The summed E-state index contributed by atoms with van der Waals surface area (Å²) in [6.45, 7) is 10.3. The Labute approximate surface area is 94.5 Å². The molecule has 0 atom stereocenters. The van der Waals surface area contributed by atoms with Gasteiger partial charge in [-0.05, 0) is 50.7 Å². The first kappa shape index (κ1) is 12.7. The predicted octanol–water partition coefficient (Wildman–Crippen LogP) is 2.40. The van der Waals surface area contributed by atoms with Gasteiger partial charge < -0.3 is 5.73 Å². The summed E-state index contributed by atoms with van der Waals surface area (Å²) in [6.07, 6.45) is 8.58. The molecular formula is C13H26N2. The first-order chi connectivity index (χ1) is 7.26. The van der Waals surface area contributed by atoms with Crippen LogP contribution in [0.25, 0.3) is 0 Å². The van der Waals surface area contributed by atoms with Crippen molar-refractivity contribution in [1.29, 1.82) is 0 Å². The Kier molecular flexibility index (Phi) is 5.34. The molecule has 2 nitrogen and oxygen atoms in total. The van der Waals surface area contributed by atoms with Gasteiger partial charge in [0.1, 0.15) is 0 Å². The molecule has 1 aliphatic carbocycles. The Morgan fingerprint density at radius 3 is 2.53 bits per heavy atom. The van der Waals surface area contributed by atoms with Crippen molar-refractivity contribution in [2.45, 2.75) is 39.0 Å². The second-order valence-electron chi connectivity index (χ2n) is 4.90. The summed E-state index contributed by atoms with van der Waals surface area (Å²) in [7, 11) is 0. The fourth-order valence-electron chi connectivity index (χ4n) is 2.42. The molecule has 0 bridgehead atoms. The monoisotopic (exact) mass is 210 g/mol. The van der Waals surface area contributed by atoms with Gasteiger partial charge in [-0.25, -0.2) is 0 Å². The zero-order chi connectivity index (χ0) is 11.1. The van der Waals surface area contributed by atoms with Gasteiger partial charge in [-0.2, -0.15) is 0 Å². The summed E-state index contributed by atoms with van der Waals surface area (Å²) >= 11 is 0. The van der Waals surface area contributed by atoms with Gasteiger partial charge in [-0.1, -0.05) is 19.4 Å². The van der Waals surface area contributed by atoms with Crippen molar-refractivity contribution in [3.8, 4) is 0 Å². The van der Waals surface area contributed by atoms with E-state index in [0.717, 1.165) is 13.1 Å². The van der Waals surface area contributed by atoms with Crippen LogP contribution in [0.2, 0.25) is 0 Å². The van der Waals surface area contributed by atoms with Gasteiger partial charge in [-0.3, -0.25) is 4.90 Å². The van der Waals surface area contributed by atoms with Crippen molar-refractivity contribution in [2.75, 3.05) is 26.2 Å². The minimum absolute atomic E-state index is 0.493. The third-order valence-electron chi connectivity index (χ3n) is 3.73. The Balaban J connectivity index is 2.28. The van der Waals surface area contributed by atoms with Gasteiger partial charge in [0.2, 0.25) is 0 Å². The highest BCUT2D eigenvalue weighted by molar-refractivity contribution is 4.89. The highest BCUT2D eigenvalue weighted by Crippen LogP contribution is 2.42. The molecule has 1 saturated carbocycles. The van der Waals surface area contributed by atoms with Gasteiger partial charge in [0.15, 0.2) is 0 Å².